The van der Waals surface area contributed by atoms with E-state index in [-0.39, 0.29) is 12.5 Å². The molecule has 16 heavy (non-hydrogen) atoms. The van der Waals surface area contributed by atoms with Crippen molar-refractivity contribution < 1.29 is 9.59 Å². The number of hydrogen-bond acceptors (Lipinski definition) is 2. The molecule has 4 nitrogen and oxygen atoms in total. The van der Waals surface area contributed by atoms with Crippen LogP contribution in [0.5, 0.6) is 0 Å². The molecule has 0 spiro atoms. The summed E-state index contributed by atoms with van der Waals surface area (Å²) in [5.74, 6) is -0.910. The Kier molecular flexibility index (Phi) is 4.72. The first kappa shape index (κ1) is 12.4. The van der Waals surface area contributed by atoms with Gasteiger partial charge in [-0.15, -0.1) is 0 Å². The lowest BCUT2D eigenvalue weighted by atomic mass is 10.2. The third kappa shape index (κ3) is 4.75. The molecule has 0 unspecified atom stereocenters. The molecule has 2 amide bonds. The highest BCUT2D eigenvalue weighted by Crippen LogP contribution is 2.11. The van der Waals surface area contributed by atoms with Gasteiger partial charge in [0, 0.05) is 10.5 Å². The van der Waals surface area contributed by atoms with E-state index < -0.39 is 5.91 Å². The van der Waals surface area contributed by atoms with Crippen molar-refractivity contribution in [2.75, 3.05) is 6.54 Å². The quantitative estimate of drug-likeness (QED) is 0.811. The molecular formula is C11H11BrN2O2. The first-order chi connectivity index (χ1) is 7.58. The molecule has 0 aliphatic heterocycles. The summed E-state index contributed by atoms with van der Waals surface area (Å²) >= 11 is 3.31. The number of benzene rings is 1. The standard InChI is InChI=1S/C11H11BrN2O2/c12-9-4-1-8(2-5-9)3-6-11(16)14-7-10(13)15/h1-6H,7H2,(H2,13,15)(H,14,16). The molecule has 0 saturated carbocycles. The van der Waals surface area contributed by atoms with Gasteiger partial charge in [-0.05, 0) is 23.8 Å². The van der Waals surface area contributed by atoms with Gasteiger partial charge in [-0.25, -0.2) is 0 Å². The maximum Gasteiger partial charge on any atom is 0.244 e. The van der Waals surface area contributed by atoms with Gasteiger partial charge in [0.15, 0.2) is 0 Å². The van der Waals surface area contributed by atoms with Crippen molar-refractivity contribution >= 4 is 33.8 Å². The maximum atomic E-state index is 11.2. The normalized spacial score (nSPS) is 10.3. The van der Waals surface area contributed by atoms with Crippen molar-refractivity contribution in [3.8, 4) is 0 Å². The number of carbonyl (C=O) groups excluding carboxylic acids is 2. The van der Waals surface area contributed by atoms with Crippen LogP contribution in [-0.4, -0.2) is 18.4 Å². The molecule has 0 atom stereocenters. The van der Waals surface area contributed by atoms with Crippen molar-refractivity contribution in [3.05, 3.63) is 40.4 Å². The highest BCUT2D eigenvalue weighted by Gasteiger charge is 1.97. The van der Waals surface area contributed by atoms with E-state index >= 15 is 0 Å². The van der Waals surface area contributed by atoms with Crippen LogP contribution in [0.2, 0.25) is 0 Å². The first-order valence-corrected chi connectivity index (χ1v) is 5.37. The number of primary amides is 1. The molecule has 0 bridgehead atoms. The molecule has 1 rings (SSSR count). The van der Waals surface area contributed by atoms with E-state index in [0.717, 1.165) is 10.0 Å². The van der Waals surface area contributed by atoms with Crippen molar-refractivity contribution in [1.82, 2.24) is 5.32 Å². The maximum absolute atomic E-state index is 11.2. The van der Waals surface area contributed by atoms with Crippen LogP contribution < -0.4 is 11.1 Å². The van der Waals surface area contributed by atoms with Gasteiger partial charge in [-0.1, -0.05) is 28.1 Å². The smallest absolute Gasteiger partial charge is 0.244 e. The Bertz CT molecular complexity index is 412. The van der Waals surface area contributed by atoms with Crippen LogP contribution in [0.25, 0.3) is 6.08 Å². The van der Waals surface area contributed by atoms with Crippen molar-refractivity contribution in [1.29, 1.82) is 0 Å². The molecule has 1 aromatic rings. The van der Waals surface area contributed by atoms with E-state index in [1.54, 1.807) is 6.08 Å². The lowest BCUT2D eigenvalue weighted by Gasteiger charge is -1.97. The molecule has 0 radical (unpaired) electrons. The summed E-state index contributed by atoms with van der Waals surface area (Å²) < 4.78 is 0.975. The van der Waals surface area contributed by atoms with E-state index in [2.05, 4.69) is 21.2 Å². The van der Waals surface area contributed by atoms with Crippen LogP contribution >= 0.6 is 15.9 Å². The largest absolute Gasteiger partial charge is 0.368 e. The second-order valence-electron chi connectivity index (χ2n) is 3.07. The zero-order valence-electron chi connectivity index (χ0n) is 8.44. The average Bonchev–Trinajstić information content (AvgIpc) is 2.25. The second-order valence-corrected chi connectivity index (χ2v) is 3.98. The highest BCUT2D eigenvalue weighted by atomic mass is 79.9. The predicted octanol–water partition coefficient (Wildman–Crippen LogP) is 1.06. The Morgan fingerprint density at radius 1 is 1.31 bits per heavy atom. The lowest BCUT2D eigenvalue weighted by Crippen LogP contribution is -2.32. The third-order valence-electron chi connectivity index (χ3n) is 1.73. The first-order valence-electron chi connectivity index (χ1n) is 4.58. The minimum Gasteiger partial charge on any atom is -0.368 e. The summed E-state index contributed by atoms with van der Waals surface area (Å²) in [7, 11) is 0. The molecular weight excluding hydrogens is 272 g/mol. The highest BCUT2D eigenvalue weighted by molar-refractivity contribution is 9.10. The van der Waals surface area contributed by atoms with E-state index in [1.807, 2.05) is 24.3 Å². The molecule has 0 saturated heterocycles. The Morgan fingerprint density at radius 2 is 1.94 bits per heavy atom. The van der Waals surface area contributed by atoms with E-state index in [1.165, 1.54) is 6.08 Å². The fraction of sp³-hybridized carbons (Fsp3) is 0.0909. The van der Waals surface area contributed by atoms with Gasteiger partial charge >= 0.3 is 0 Å². The predicted molar refractivity (Wildman–Crippen MR) is 65.4 cm³/mol. The van der Waals surface area contributed by atoms with Crippen LogP contribution in [0.3, 0.4) is 0 Å². The lowest BCUT2D eigenvalue weighted by molar-refractivity contribution is -0.122. The van der Waals surface area contributed by atoms with Crippen LogP contribution in [-0.2, 0) is 9.59 Å². The van der Waals surface area contributed by atoms with E-state index in [4.69, 9.17) is 5.73 Å². The van der Waals surface area contributed by atoms with Crippen LogP contribution in [0.4, 0.5) is 0 Å². The van der Waals surface area contributed by atoms with E-state index in [9.17, 15) is 9.59 Å². The molecule has 5 heteroatoms. The number of carbonyl (C=O) groups is 2. The number of hydrogen-bond donors (Lipinski definition) is 2. The SMILES string of the molecule is NC(=O)CNC(=O)C=Cc1ccc(Br)cc1. The second kappa shape index (κ2) is 6.07. The summed E-state index contributed by atoms with van der Waals surface area (Å²) in [6, 6.07) is 7.48. The number of rotatable bonds is 4. The minimum atomic E-state index is -0.564. The Balaban J connectivity index is 2.50. The fourth-order valence-electron chi connectivity index (χ4n) is 0.979. The number of halogens is 1. The zero-order valence-corrected chi connectivity index (χ0v) is 10.0. The van der Waals surface area contributed by atoms with E-state index in [0.29, 0.717) is 0 Å². The Morgan fingerprint density at radius 3 is 2.50 bits per heavy atom. The van der Waals surface area contributed by atoms with Crippen LogP contribution in [0, 0.1) is 0 Å². The minimum absolute atomic E-state index is 0.149. The van der Waals surface area contributed by atoms with Crippen LogP contribution in [0.1, 0.15) is 5.56 Å². The Hall–Kier alpha value is -1.62. The third-order valence-corrected chi connectivity index (χ3v) is 2.26. The number of nitrogens with one attached hydrogen (secondary N) is 1. The summed E-state index contributed by atoms with van der Waals surface area (Å²) in [6.07, 6.45) is 3.01. The summed E-state index contributed by atoms with van der Waals surface area (Å²) in [5.41, 5.74) is 5.78. The van der Waals surface area contributed by atoms with Crippen LogP contribution in [0.15, 0.2) is 34.8 Å². The van der Waals surface area contributed by atoms with Gasteiger partial charge in [0.25, 0.3) is 0 Å². The van der Waals surface area contributed by atoms with Crippen molar-refractivity contribution in [2.24, 2.45) is 5.73 Å². The summed E-state index contributed by atoms with van der Waals surface area (Å²) in [4.78, 5) is 21.6. The molecule has 3 N–H and O–H groups in total. The molecule has 0 aliphatic rings. The molecule has 0 aliphatic carbocycles. The van der Waals surface area contributed by atoms with Gasteiger partial charge in [0.1, 0.15) is 0 Å². The molecule has 84 valence electrons. The molecule has 1 aromatic carbocycles. The van der Waals surface area contributed by atoms with Gasteiger partial charge in [0.2, 0.25) is 11.8 Å². The van der Waals surface area contributed by atoms with Gasteiger partial charge in [-0.3, -0.25) is 9.59 Å². The summed E-state index contributed by atoms with van der Waals surface area (Å²) in [6.45, 7) is -0.149. The molecule has 0 fully saturated rings. The summed E-state index contributed by atoms with van der Waals surface area (Å²) in [5, 5.41) is 2.35. The van der Waals surface area contributed by atoms with Gasteiger partial charge < -0.3 is 11.1 Å². The monoisotopic (exact) mass is 282 g/mol. The van der Waals surface area contributed by atoms with Crippen molar-refractivity contribution in [2.45, 2.75) is 0 Å². The topological polar surface area (TPSA) is 72.2 Å². The fourth-order valence-corrected chi connectivity index (χ4v) is 1.24. The zero-order chi connectivity index (χ0) is 12.0. The van der Waals surface area contributed by atoms with Crippen molar-refractivity contribution in [3.63, 3.8) is 0 Å². The van der Waals surface area contributed by atoms with Gasteiger partial charge in [-0.2, -0.15) is 0 Å². The number of nitrogens with two attached hydrogens (primary N) is 1. The Labute approximate surface area is 102 Å². The molecule has 0 aromatic heterocycles. The average molecular weight is 283 g/mol. The van der Waals surface area contributed by atoms with Gasteiger partial charge in [0.05, 0.1) is 6.54 Å². The molecule has 0 heterocycles. The number of amides is 2.